The van der Waals surface area contributed by atoms with Gasteiger partial charge < -0.3 is 4.43 Å². The van der Waals surface area contributed by atoms with Crippen molar-refractivity contribution in [1.82, 2.24) is 0 Å². The maximum absolute atomic E-state index is 11.1. The van der Waals surface area contributed by atoms with E-state index >= 15 is 0 Å². The van der Waals surface area contributed by atoms with E-state index < -0.39 is 0 Å². The molecule has 1 aliphatic heterocycles. The average molecular weight is 161 g/mol. The molecule has 1 aromatic carbocycles. The third-order valence-electron chi connectivity index (χ3n) is 1.55. The summed E-state index contributed by atoms with van der Waals surface area (Å²) in [6.45, 7) is 0. The molecular formula is C8H5O2Si. The summed E-state index contributed by atoms with van der Waals surface area (Å²) in [5, 5.41) is 0. The van der Waals surface area contributed by atoms with Crippen molar-refractivity contribution in [3.8, 4) is 0 Å². The monoisotopic (exact) mass is 161 g/mol. The van der Waals surface area contributed by atoms with Crippen LogP contribution >= 0.6 is 0 Å². The molecule has 0 fully saturated rings. The van der Waals surface area contributed by atoms with Gasteiger partial charge in [-0.2, -0.15) is 0 Å². The van der Waals surface area contributed by atoms with Gasteiger partial charge in [0.05, 0.1) is 5.56 Å². The van der Waals surface area contributed by atoms with Gasteiger partial charge in [0.15, 0.2) is 0 Å². The van der Waals surface area contributed by atoms with Crippen LogP contribution in [0.15, 0.2) is 24.3 Å². The molecule has 0 bridgehead atoms. The second-order valence-electron chi connectivity index (χ2n) is 2.24. The van der Waals surface area contributed by atoms with E-state index in [4.69, 9.17) is 4.43 Å². The van der Waals surface area contributed by atoms with E-state index in [-0.39, 0.29) is 15.3 Å². The van der Waals surface area contributed by atoms with Crippen molar-refractivity contribution in [2.24, 2.45) is 0 Å². The SMILES string of the molecule is O=C1O[Si]=Cc2ccccc21. The second-order valence-corrected chi connectivity index (χ2v) is 2.97. The summed E-state index contributed by atoms with van der Waals surface area (Å²) in [6.07, 6.45) is 0. The van der Waals surface area contributed by atoms with Gasteiger partial charge >= 0.3 is 5.97 Å². The maximum Gasteiger partial charge on any atom is 0.330 e. The topological polar surface area (TPSA) is 26.3 Å². The Morgan fingerprint density at radius 1 is 1.27 bits per heavy atom. The van der Waals surface area contributed by atoms with E-state index in [1.807, 2.05) is 23.9 Å². The lowest BCUT2D eigenvalue weighted by Crippen LogP contribution is -2.14. The minimum Gasteiger partial charge on any atom is -0.484 e. The number of fused-ring (bicyclic) bond motifs is 1. The molecule has 0 spiro atoms. The molecule has 1 heterocycles. The van der Waals surface area contributed by atoms with Crippen molar-refractivity contribution >= 4 is 21.0 Å². The Bertz CT molecular complexity index is 331. The van der Waals surface area contributed by atoms with Gasteiger partial charge in [-0.15, -0.1) is 0 Å². The number of carbonyl (C=O) groups is 1. The Labute approximate surface area is 66.4 Å². The third-order valence-corrected chi connectivity index (χ3v) is 2.28. The molecular weight excluding hydrogens is 156 g/mol. The second kappa shape index (κ2) is 2.43. The summed E-state index contributed by atoms with van der Waals surface area (Å²) in [7, 11) is 0.174. The largest absolute Gasteiger partial charge is 0.484 e. The van der Waals surface area contributed by atoms with E-state index in [1.54, 1.807) is 6.07 Å². The molecule has 2 nitrogen and oxygen atoms in total. The summed E-state index contributed by atoms with van der Waals surface area (Å²) >= 11 is 0. The van der Waals surface area contributed by atoms with Crippen molar-refractivity contribution in [2.75, 3.05) is 0 Å². The van der Waals surface area contributed by atoms with Gasteiger partial charge in [-0.3, -0.25) is 0 Å². The fourth-order valence-corrected chi connectivity index (χ4v) is 1.66. The molecule has 0 saturated carbocycles. The molecule has 3 heteroatoms. The highest BCUT2D eigenvalue weighted by atomic mass is 28.2. The zero-order valence-electron chi connectivity index (χ0n) is 5.70. The molecule has 2 rings (SSSR count). The van der Waals surface area contributed by atoms with Gasteiger partial charge in [0.2, 0.25) is 0 Å². The predicted octanol–water partition coefficient (Wildman–Crippen LogP) is 0.627. The molecule has 11 heavy (non-hydrogen) atoms. The van der Waals surface area contributed by atoms with Crippen LogP contribution in [-0.2, 0) is 4.43 Å². The van der Waals surface area contributed by atoms with Crippen molar-refractivity contribution in [3.05, 3.63) is 35.4 Å². The molecule has 0 amide bonds. The smallest absolute Gasteiger partial charge is 0.330 e. The first-order valence-corrected chi connectivity index (χ1v) is 4.25. The van der Waals surface area contributed by atoms with Gasteiger partial charge in [-0.1, -0.05) is 18.2 Å². The van der Waals surface area contributed by atoms with Crippen molar-refractivity contribution in [2.45, 2.75) is 0 Å². The molecule has 0 aliphatic carbocycles. The lowest BCUT2D eigenvalue weighted by atomic mass is 10.1. The number of hydrogen-bond donors (Lipinski definition) is 0. The van der Waals surface area contributed by atoms with Crippen molar-refractivity contribution in [1.29, 1.82) is 0 Å². The zero-order chi connectivity index (χ0) is 7.68. The van der Waals surface area contributed by atoms with Crippen LogP contribution in [0.2, 0.25) is 0 Å². The summed E-state index contributed by atoms with van der Waals surface area (Å²) < 4.78 is 4.84. The molecule has 0 aromatic heterocycles. The number of carbonyl (C=O) groups excluding carboxylic acids is 1. The standard InChI is InChI=1S/C8H5O2Si/c9-8-7-4-2-1-3-6(7)5-11-10-8/h1-5H. The van der Waals surface area contributed by atoms with Crippen LogP contribution in [-0.4, -0.2) is 21.0 Å². The highest BCUT2D eigenvalue weighted by molar-refractivity contribution is 6.49. The van der Waals surface area contributed by atoms with Crippen LogP contribution in [0.3, 0.4) is 0 Å². The first kappa shape index (κ1) is 6.48. The third kappa shape index (κ3) is 1.03. The van der Waals surface area contributed by atoms with Crippen molar-refractivity contribution < 1.29 is 9.22 Å². The lowest BCUT2D eigenvalue weighted by molar-refractivity contribution is 0.0745. The Kier molecular flexibility index (Phi) is 1.43. The first-order chi connectivity index (χ1) is 5.38. The van der Waals surface area contributed by atoms with E-state index in [0.717, 1.165) is 5.56 Å². The van der Waals surface area contributed by atoms with Crippen LogP contribution in [0.4, 0.5) is 0 Å². The summed E-state index contributed by atoms with van der Waals surface area (Å²) in [5.41, 5.74) is 3.59. The highest BCUT2D eigenvalue weighted by Gasteiger charge is 2.12. The van der Waals surface area contributed by atoms with Gasteiger partial charge in [0.1, 0.15) is 0 Å². The average Bonchev–Trinajstić information content (AvgIpc) is 2.06. The first-order valence-electron chi connectivity index (χ1n) is 3.27. The zero-order valence-corrected chi connectivity index (χ0v) is 6.70. The molecule has 0 unspecified atom stereocenters. The quantitative estimate of drug-likeness (QED) is 0.521. The predicted molar refractivity (Wildman–Crippen MR) is 42.8 cm³/mol. The van der Waals surface area contributed by atoms with Gasteiger partial charge in [-0.25, -0.2) is 4.79 Å². The van der Waals surface area contributed by atoms with Crippen molar-refractivity contribution in [3.63, 3.8) is 0 Å². The van der Waals surface area contributed by atoms with E-state index in [9.17, 15) is 4.79 Å². The number of hydrogen-bond acceptors (Lipinski definition) is 2. The molecule has 1 aromatic rings. The minimum atomic E-state index is -0.207. The Morgan fingerprint density at radius 2 is 2.09 bits per heavy atom. The Hall–Kier alpha value is -1.22. The summed E-state index contributed by atoms with van der Waals surface area (Å²) in [4.78, 5) is 11.1. The number of rotatable bonds is 0. The van der Waals surface area contributed by atoms with E-state index in [2.05, 4.69) is 0 Å². The molecule has 53 valence electrons. The van der Waals surface area contributed by atoms with Crippen LogP contribution in [0, 0.1) is 0 Å². The Morgan fingerprint density at radius 3 is 2.91 bits per heavy atom. The normalized spacial score (nSPS) is 14.0. The van der Waals surface area contributed by atoms with Crippen LogP contribution in [0.1, 0.15) is 15.9 Å². The maximum atomic E-state index is 11.1. The van der Waals surface area contributed by atoms with E-state index in [1.165, 1.54) is 0 Å². The molecule has 0 atom stereocenters. The fourth-order valence-electron chi connectivity index (χ4n) is 1.01. The Balaban J connectivity index is 2.63. The molecule has 0 N–H and O–H groups in total. The number of benzene rings is 1. The van der Waals surface area contributed by atoms with Crippen LogP contribution in [0.25, 0.3) is 0 Å². The molecule has 0 saturated heterocycles. The molecule has 1 radical (unpaired) electrons. The van der Waals surface area contributed by atoms with Crippen LogP contribution in [0.5, 0.6) is 0 Å². The van der Waals surface area contributed by atoms with Gasteiger partial charge in [-0.05, 0) is 17.3 Å². The molecule has 1 aliphatic rings. The van der Waals surface area contributed by atoms with Gasteiger partial charge in [0.25, 0.3) is 9.38 Å². The summed E-state index contributed by atoms with van der Waals surface area (Å²) in [6, 6.07) is 7.45. The van der Waals surface area contributed by atoms with E-state index in [0.29, 0.717) is 5.56 Å². The van der Waals surface area contributed by atoms with Crippen LogP contribution < -0.4 is 0 Å². The summed E-state index contributed by atoms with van der Waals surface area (Å²) in [5.74, 6) is -0.207. The minimum absolute atomic E-state index is 0.174. The van der Waals surface area contributed by atoms with Gasteiger partial charge in [0, 0.05) is 0 Å². The lowest BCUT2D eigenvalue weighted by Gasteiger charge is -2.07. The fraction of sp³-hybridized carbons (Fsp3) is 0. The highest BCUT2D eigenvalue weighted by Crippen LogP contribution is 2.09.